The van der Waals surface area contributed by atoms with Crippen molar-refractivity contribution in [1.82, 2.24) is 0 Å². The number of unbranched alkanes of at least 4 members (excludes halogenated alkanes) is 3. The zero-order valence-electron chi connectivity index (χ0n) is 10.00. The molecule has 0 radical (unpaired) electrons. The van der Waals surface area contributed by atoms with Gasteiger partial charge in [0, 0.05) is 5.97 Å². The first kappa shape index (κ1) is 18.4. The third-order valence-electron chi connectivity index (χ3n) is 2.29. The number of aliphatic hydroxyl groups excluding tert-OH is 1. The minimum atomic E-state index is -0.962. The number of carboxylic acid groups (broad SMARTS) is 1. The predicted octanol–water partition coefficient (Wildman–Crippen LogP) is -1.76. The molecule has 15 heavy (non-hydrogen) atoms. The zero-order valence-corrected chi connectivity index (χ0v) is 13.1. The van der Waals surface area contributed by atoms with Crippen molar-refractivity contribution < 1.29 is 66.4 Å². The maximum atomic E-state index is 10.1. The van der Waals surface area contributed by atoms with Gasteiger partial charge in [-0.3, -0.25) is 0 Å². The molecule has 0 rings (SSSR count). The molecule has 0 aromatic heterocycles. The van der Waals surface area contributed by atoms with Gasteiger partial charge in [0.2, 0.25) is 0 Å². The Balaban J connectivity index is 0. The van der Waals surface area contributed by atoms with Gasteiger partial charge in [-0.15, -0.1) is 0 Å². The van der Waals surface area contributed by atoms with E-state index in [9.17, 15) is 15.0 Å². The van der Waals surface area contributed by atoms with Crippen LogP contribution in [-0.4, -0.2) is 17.2 Å². The molecule has 1 N–H and O–H groups in total. The van der Waals surface area contributed by atoms with Gasteiger partial charge in [-0.1, -0.05) is 32.6 Å². The predicted molar refractivity (Wildman–Crippen MR) is 53.6 cm³/mol. The molecule has 0 spiro atoms. The van der Waals surface area contributed by atoms with E-state index < -0.39 is 5.97 Å². The molecule has 0 amide bonds. The van der Waals surface area contributed by atoms with Gasteiger partial charge in [-0.25, -0.2) is 0 Å². The average Bonchev–Trinajstić information content (AvgIpc) is 2.11. The molecule has 0 aliphatic rings. The van der Waals surface area contributed by atoms with Gasteiger partial charge >= 0.3 is 51.4 Å². The van der Waals surface area contributed by atoms with Crippen molar-refractivity contribution in [1.29, 1.82) is 0 Å². The van der Waals surface area contributed by atoms with Crippen LogP contribution in [0.5, 0.6) is 0 Å². The number of hydrogen-bond acceptors (Lipinski definition) is 3. The molecule has 0 bridgehead atoms. The third kappa shape index (κ3) is 15.1. The number of carboxylic acids is 1. The van der Waals surface area contributed by atoms with Crippen molar-refractivity contribution in [2.24, 2.45) is 0 Å². The molecule has 0 aromatic rings. The summed E-state index contributed by atoms with van der Waals surface area (Å²) in [4.78, 5) is 10.1. The van der Waals surface area contributed by atoms with Crippen LogP contribution in [0.25, 0.3) is 0 Å². The Kier molecular flexibility index (Phi) is 16.1. The number of aliphatic carboxylic acids is 1. The normalized spacial score (nSPS) is 11.9. The Hall–Kier alpha value is 1.07. The number of hydrogen-bond donors (Lipinski definition) is 1. The van der Waals surface area contributed by atoms with Crippen LogP contribution >= 0.6 is 0 Å². The molecule has 1 atom stereocenters. The van der Waals surface area contributed by atoms with Gasteiger partial charge in [-0.2, -0.15) is 0 Å². The molecule has 0 heterocycles. The number of carbonyl (C=O) groups is 1. The van der Waals surface area contributed by atoms with E-state index in [1.54, 1.807) is 0 Å². The van der Waals surface area contributed by atoms with Crippen molar-refractivity contribution in [2.75, 3.05) is 0 Å². The Labute approximate surface area is 135 Å². The first-order chi connectivity index (χ1) is 6.66. The van der Waals surface area contributed by atoms with Crippen molar-refractivity contribution in [3.8, 4) is 0 Å². The summed E-state index contributed by atoms with van der Waals surface area (Å²) in [6.07, 6.45) is 6.37. The Morgan fingerprint density at radius 2 is 1.80 bits per heavy atom. The number of carbonyl (C=O) groups excluding carboxylic acids is 1. The van der Waals surface area contributed by atoms with Crippen LogP contribution in [0.3, 0.4) is 0 Å². The van der Waals surface area contributed by atoms with Gasteiger partial charge in [0.1, 0.15) is 0 Å². The first-order valence-corrected chi connectivity index (χ1v) is 5.54. The van der Waals surface area contributed by atoms with E-state index in [1.807, 2.05) is 0 Å². The molecule has 0 fully saturated rings. The molecule has 3 nitrogen and oxygen atoms in total. The van der Waals surface area contributed by atoms with Crippen LogP contribution in [0.1, 0.15) is 58.3 Å². The van der Waals surface area contributed by atoms with Crippen molar-refractivity contribution >= 4 is 5.97 Å². The maximum absolute atomic E-state index is 10.1. The second kappa shape index (κ2) is 13.1. The van der Waals surface area contributed by atoms with Gasteiger partial charge in [-0.05, 0) is 25.7 Å². The van der Waals surface area contributed by atoms with Crippen LogP contribution in [0, 0.1) is 0 Å². The Morgan fingerprint density at radius 3 is 2.33 bits per heavy atom. The molecular formula is C11H21KO3. The minimum Gasteiger partial charge on any atom is -0.550 e. The summed E-state index contributed by atoms with van der Waals surface area (Å²) >= 11 is 0. The summed E-state index contributed by atoms with van der Waals surface area (Å²) in [6.45, 7) is 2.06. The van der Waals surface area contributed by atoms with Crippen molar-refractivity contribution in [2.45, 2.75) is 64.4 Å². The summed E-state index contributed by atoms with van der Waals surface area (Å²) < 4.78 is 0. The molecule has 4 heteroatoms. The summed E-state index contributed by atoms with van der Waals surface area (Å²) in [5, 5.41) is 19.5. The van der Waals surface area contributed by atoms with Gasteiger partial charge < -0.3 is 15.0 Å². The fourth-order valence-corrected chi connectivity index (χ4v) is 1.48. The Bertz CT molecular complexity index is 151. The molecule has 0 aromatic carbocycles. The molecule has 0 aliphatic carbocycles. The van der Waals surface area contributed by atoms with E-state index in [4.69, 9.17) is 0 Å². The van der Waals surface area contributed by atoms with E-state index in [-0.39, 0.29) is 63.9 Å². The first-order valence-electron chi connectivity index (χ1n) is 5.54. The second-order valence-electron chi connectivity index (χ2n) is 3.77. The maximum Gasteiger partial charge on any atom is 1.00 e. The van der Waals surface area contributed by atoms with Crippen LogP contribution < -0.4 is 56.5 Å². The van der Waals surface area contributed by atoms with Crippen LogP contribution in [0.2, 0.25) is 0 Å². The number of aliphatic hydroxyl groups is 1. The van der Waals surface area contributed by atoms with Gasteiger partial charge in [0.05, 0.1) is 6.10 Å². The van der Waals surface area contributed by atoms with Crippen LogP contribution in [0.4, 0.5) is 0 Å². The molecular weight excluding hydrogens is 219 g/mol. The third-order valence-corrected chi connectivity index (χ3v) is 2.29. The van der Waals surface area contributed by atoms with Gasteiger partial charge in [0.15, 0.2) is 0 Å². The minimum absolute atomic E-state index is 0. The summed E-state index contributed by atoms with van der Waals surface area (Å²) in [7, 11) is 0. The zero-order chi connectivity index (χ0) is 10.8. The number of rotatable bonds is 9. The average molecular weight is 240 g/mol. The quantitative estimate of drug-likeness (QED) is 0.384. The topological polar surface area (TPSA) is 60.4 Å². The molecule has 1 unspecified atom stereocenters. The SMILES string of the molecule is CCCC(O)CCCCCCC(=O)[O-].[K+]. The van der Waals surface area contributed by atoms with E-state index in [2.05, 4.69) is 6.92 Å². The molecule has 0 saturated carbocycles. The fourth-order valence-electron chi connectivity index (χ4n) is 1.48. The smallest absolute Gasteiger partial charge is 0.550 e. The van der Waals surface area contributed by atoms with E-state index in [0.29, 0.717) is 6.42 Å². The monoisotopic (exact) mass is 240 g/mol. The summed E-state index contributed by atoms with van der Waals surface area (Å²) in [6, 6.07) is 0. The van der Waals surface area contributed by atoms with E-state index in [1.165, 1.54) is 0 Å². The van der Waals surface area contributed by atoms with E-state index in [0.717, 1.165) is 38.5 Å². The van der Waals surface area contributed by atoms with Crippen LogP contribution in [-0.2, 0) is 4.79 Å². The van der Waals surface area contributed by atoms with Crippen molar-refractivity contribution in [3.05, 3.63) is 0 Å². The van der Waals surface area contributed by atoms with Crippen LogP contribution in [0.15, 0.2) is 0 Å². The standard InChI is InChI=1S/C11H22O3.K/c1-2-7-10(12)8-5-3-4-6-9-11(13)14;/h10,12H,2-9H2,1H3,(H,13,14);/q;+1/p-1. The fraction of sp³-hybridized carbons (Fsp3) is 0.909. The summed E-state index contributed by atoms with van der Waals surface area (Å²) in [5.74, 6) is -0.962. The van der Waals surface area contributed by atoms with Gasteiger partial charge in [0.25, 0.3) is 0 Å². The Morgan fingerprint density at radius 1 is 1.20 bits per heavy atom. The van der Waals surface area contributed by atoms with E-state index >= 15 is 0 Å². The summed E-state index contributed by atoms with van der Waals surface area (Å²) in [5.41, 5.74) is 0. The largest absolute Gasteiger partial charge is 1.00 e. The van der Waals surface area contributed by atoms with Crippen molar-refractivity contribution in [3.63, 3.8) is 0 Å². The molecule has 0 saturated heterocycles. The second-order valence-corrected chi connectivity index (χ2v) is 3.77. The molecule has 0 aliphatic heterocycles. The molecule has 84 valence electrons.